The lowest BCUT2D eigenvalue weighted by Crippen LogP contribution is -1.84. The predicted molar refractivity (Wildman–Crippen MR) is 75.7 cm³/mol. The first-order chi connectivity index (χ1) is 9.42. The van der Waals surface area contributed by atoms with E-state index in [2.05, 4.69) is 39.6 Å². The molecule has 2 heterocycles. The molecule has 19 heavy (non-hydrogen) atoms. The zero-order chi connectivity index (χ0) is 12.7. The minimum atomic E-state index is 0.897. The third kappa shape index (κ3) is 1.59. The maximum Gasteiger partial charge on any atom is 0.102 e. The van der Waals surface area contributed by atoms with Gasteiger partial charge in [0.2, 0.25) is 0 Å². The monoisotopic (exact) mass is 244 g/mol. The van der Waals surface area contributed by atoms with E-state index in [1.165, 1.54) is 0 Å². The van der Waals surface area contributed by atoms with Crippen LogP contribution in [0.25, 0.3) is 33.1 Å². The van der Waals surface area contributed by atoms with Gasteiger partial charge in [-0.15, -0.1) is 0 Å². The third-order valence-electron chi connectivity index (χ3n) is 3.26. The highest BCUT2D eigenvalue weighted by molar-refractivity contribution is 5.94. The van der Waals surface area contributed by atoms with Crippen LogP contribution in [0.15, 0.2) is 54.6 Å². The normalized spacial score (nSPS) is 11.2. The van der Waals surface area contributed by atoms with Crippen LogP contribution in [0.3, 0.4) is 0 Å². The van der Waals surface area contributed by atoms with Crippen LogP contribution in [0.4, 0.5) is 0 Å². The van der Waals surface area contributed by atoms with Crippen molar-refractivity contribution in [1.29, 1.82) is 0 Å². The zero-order valence-electron chi connectivity index (χ0n) is 10.1. The predicted octanol–water partition coefficient (Wildman–Crippen LogP) is 3.58. The number of hydrogen-bond acceptors (Lipinski definition) is 2. The summed E-state index contributed by atoms with van der Waals surface area (Å²) in [6.07, 6.45) is 3.07. The summed E-state index contributed by atoms with van der Waals surface area (Å²) in [5, 5.41) is 9.61. The number of nitrogens with one attached hydrogen (secondary N) is 1. The summed E-state index contributed by atoms with van der Waals surface area (Å²) in [6.45, 7) is 0. The zero-order valence-corrected chi connectivity index (χ0v) is 10.1. The maximum atomic E-state index is 4.38. The second-order valence-electron chi connectivity index (χ2n) is 4.46. The van der Waals surface area contributed by atoms with Gasteiger partial charge in [-0.3, -0.25) is 5.10 Å². The number of hydrogen-bond donors (Lipinski definition) is 1. The average molecular weight is 244 g/mol. The number of nitrogens with zero attached hydrogens (tertiary/aromatic N) is 2. The van der Waals surface area contributed by atoms with Crippen LogP contribution in [-0.4, -0.2) is 15.2 Å². The summed E-state index contributed by atoms with van der Waals surface area (Å²) < 4.78 is 0. The lowest BCUT2D eigenvalue weighted by atomic mass is 10.1. The van der Waals surface area contributed by atoms with Crippen LogP contribution in [0.1, 0.15) is 0 Å². The molecule has 0 unspecified atom stereocenters. The molecule has 0 aliphatic heterocycles. The van der Waals surface area contributed by atoms with E-state index in [1.54, 1.807) is 0 Å². The van der Waals surface area contributed by atoms with Crippen LogP contribution in [0.5, 0.6) is 0 Å². The van der Waals surface area contributed by atoms with Crippen molar-refractivity contribution in [2.75, 3.05) is 0 Å². The summed E-state index contributed by atoms with van der Waals surface area (Å²) in [4.78, 5) is 4.37. The second-order valence-corrected chi connectivity index (χ2v) is 4.46. The molecule has 89 valence electrons. The number of pyridine rings is 1. The Morgan fingerprint density at radius 2 is 1.79 bits per heavy atom. The number of aromatic nitrogens is 3. The molecule has 0 fully saturated rings. The molecule has 4 aromatic rings. The van der Waals surface area contributed by atoms with E-state index in [1.807, 2.05) is 36.4 Å². The Labute approximate surface area is 109 Å². The summed E-state index contributed by atoms with van der Waals surface area (Å²) >= 11 is 0. The fraction of sp³-hybridized carbons (Fsp3) is 0. The SMILES string of the molecule is [c]1nc2ccccc2cc1-c1n[nH]c2ccccc12. The number of benzene rings is 2. The summed E-state index contributed by atoms with van der Waals surface area (Å²) in [7, 11) is 0. The van der Waals surface area contributed by atoms with E-state index < -0.39 is 0 Å². The third-order valence-corrected chi connectivity index (χ3v) is 3.26. The van der Waals surface area contributed by atoms with Crippen LogP contribution >= 0.6 is 0 Å². The van der Waals surface area contributed by atoms with E-state index in [-0.39, 0.29) is 0 Å². The molecule has 4 rings (SSSR count). The average Bonchev–Trinajstić information content (AvgIpc) is 2.91. The second kappa shape index (κ2) is 3.92. The van der Waals surface area contributed by atoms with Gasteiger partial charge in [-0.2, -0.15) is 5.10 Å². The minimum Gasteiger partial charge on any atom is -0.277 e. The molecule has 1 N–H and O–H groups in total. The van der Waals surface area contributed by atoms with Gasteiger partial charge in [-0.25, -0.2) is 4.98 Å². The van der Waals surface area contributed by atoms with Gasteiger partial charge in [0, 0.05) is 16.3 Å². The quantitative estimate of drug-likeness (QED) is 0.556. The van der Waals surface area contributed by atoms with Crippen molar-refractivity contribution in [1.82, 2.24) is 15.2 Å². The Kier molecular flexibility index (Phi) is 2.12. The Hall–Kier alpha value is -2.68. The number of rotatable bonds is 1. The molecule has 0 bridgehead atoms. The molecule has 0 atom stereocenters. The molecule has 1 radical (unpaired) electrons. The van der Waals surface area contributed by atoms with Gasteiger partial charge in [-0.1, -0.05) is 36.4 Å². The van der Waals surface area contributed by atoms with Gasteiger partial charge < -0.3 is 0 Å². The van der Waals surface area contributed by atoms with E-state index in [9.17, 15) is 0 Å². The van der Waals surface area contributed by atoms with Gasteiger partial charge in [0.05, 0.1) is 17.2 Å². The molecule has 0 saturated heterocycles. The molecule has 3 nitrogen and oxygen atoms in total. The first kappa shape index (κ1) is 10.3. The molecule has 2 aromatic heterocycles. The highest BCUT2D eigenvalue weighted by Gasteiger charge is 2.08. The fourth-order valence-corrected chi connectivity index (χ4v) is 2.31. The summed E-state index contributed by atoms with van der Waals surface area (Å²) in [5.41, 5.74) is 3.79. The number of aromatic amines is 1. The van der Waals surface area contributed by atoms with Crippen LogP contribution < -0.4 is 0 Å². The van der Waals surface area contributed by atoms with Crippen molar-refractivity contribution in [3.63, 3.8) is 0 Å². The first-order valence-corrected chi connectivity index (χ1v) is 6.13. The smallest absolute Gasteiger partial charge is 0.102 e. The van der Waals surface area contributed by atoms with E-state index in [0.29, 0.717) is 0 Å². The molecular weight excluding hydrogens is 234 g/mol. The molecule has 0 saturated carbocycles. The fourth-order valence-electron chi connectivity index (χ4n) is 2.31. The molecular formula is C16H10N3. The van der Waals surface area contributed by atoms with Gasteiger partial charge in [0.1, 0.15) is 5.69 Å². The van der Waals surface area contributed by atoms with Crippen LogP contribution in [-0.2, 0) is 0 Å². The van der Waals surface area contributed by atoms with Gasteiger partial charge in [0.15, 0.2) is 0 Å². The molecule has 2 aromatic carbocycles. The van der Waals surface area contributed by atoms with Crippen molar-refractivity contribution < 1.29 is 0 Å². The molecule has 0 spiro atoms. The van der Waals surface area contributed by atoms with Crippen molar-refractivity contribution in [2.45, 2.75) is 0 Å². The lowest BCUT2D eigenvalue weighted by molar-refractivity contribution is 1.12. The topological polar surface area (TPSA) is 41.6 Å². The molecule has 0 aliphatic carbocycles. The lowest BCUT2D eigenvalue weighted by Gasteiger charge is -2.00. The molecule has 3 heteroatoms. The highest BCUT2D eigenvalue weighted by Crippen LogP contribution is 2.27. The van der Waals surface area contributed by atoms with Crippen LogP contribution in [0.2, 0.25) is 0 Å². The van der Waals surface area contributed by atoms with E-state index >= 15 is 0 Å². The maximum absolute atomic E-state index is 4.38. The molecule has 0 amide bonds. The number of H-pyrrole nitrogens is 1. The molecule has 0 aliphatic rings. The van der Waals surface area contributed by atoms with Gasteiger partial charge >= 0.3 is 0 Å². The number of fused-ring (bicyclic) bond motifs is 2. The Morgan fingerprint density at radius 3 is 2.79 bits per heavy atom. The first-order valence-electron chi connectivity index (χ1n) is 6.13. The van der Waals surface area contributed by atoms with Crippen molar-refractivity contribution >= 4 is 21.8 Å². The summed E-state index contributed by atoms with van der Waals surface area (Å²) in [6, 6.07) is 18.2. The Bertz CT molecular complexity index is 877. The summed E-state index contributed by atoms with van der Waals surface area (Å²) in [5.74, 6) is 0. The standard InChI is InChI=1S/C16H10N3/c1-3-7-14-11(5-1)9-12(10-17-14)16-13-6-2-4-8-15(13)18-19-16/h1-9H,(H,18,19). The van der Waals surface area contributed by atoms with Crippen molar-refractivity contribution in [3.05, 3.63) is 60.8 Å². The minimum absolute atomic E-state index is 0.897. The Balaban J connectivity index is 1.99. The highest BCUT2D eigenvalue weighted by atomic mass is 15.1. The number of para-hydroxylation sites is 2. The van der Waals surface area contributed by atoms with Gasteiger partial charge in [0.25, 0.3) is 0 Å². The van der Waals surface area contributed by atoms with E-state index in [0.717, 1.165) is 33.1 Å². The van der Waals surface area contributed by atoms with E-state index in [4.69, 9.17) is 0 Å². The van der Waals surface area contributed by atoms with Crippen molar-refractivity contribution in [3.8, 4) is 11.3 Å². The van der Waals surface area contributed by atoms with Gasteiger partial charge in [-0.05, 0) is 18.2 Å². The Morgan fingerprint density at radius 1 is 0.947 bits per heavy atom. The van der Waals surface area contributed by atoms with Crippen molar-refractivity contribution in [2.24, 2.45) is 0 Å². The largest absolute Gasteiger partial charge is 0.277 e. The van der Waals surface area contributed by atoms with Crippen LogP contribution in [0, 0.1) is 6.20 Å².